The third-order valence-corrected chi connectivity index (χ3v) is 5.87. The van der Waals surface area contributed by atoms with Crippen molar-refractivity contribution in [2.45, 2.75) is 64.0 Å². The fourth-order valence-electron chi connectivity index (χ4n) is 4.02. The summed E-state index contributed by atoms with van der Waals surface area (Å²) >= 11 is 0. The van der Waals surface area contributed by atoms with Crippen molar-refractivity contribution in [2.24, 2.45) is 0 Å². The van der Waals surface area contributed by atoms with Crippen molar-refractivity contribution in [3.63, 3.8) is 0 Å². The summed E-state index contributed by atoms with van der Waals surface area (Å²) in [5.74, 6) is -0.543. The van der Waals surface area contributed by atoms with Crippen LogP contribution in [0.3, 0.4) is 0 Å². The fourth-order valence-corrected chi connectivity index (χ4v) is 4.02. The van der Waals surface area contributed by atoms with Crippen LogP contribution in [-0.4, -0.2) is 35.3 Å². The van der Waals surface area contributed by atoms with Gasteiger partial charge in [-0.05, 0) is 49.4 Å². The normalized spacial score (nSPS) is 15.4. The highest BCUT2D eigenvalue weighted by Gasteiger charge is 2.27. The van der Waals surface area contributed by atoms with E-state index in [1.165, 1.54) is 18.6 Å². The zero-order valence-electron chi connectivity index (χ0n) is 17.6. The van der Waals surface area contributed by atoms with Crippen LogP contribution in [0.5, 0.6) is 0 Å². The van der Waals surface area contributed by atoms with Gasteiger partial charge in [-0.2, -0.15) is 0 Å². The molecule has 0 aliphatic heterocycles. The molecule has 4 nitrogen and oxygen atoms in total. The van der Waals surface area contributed by atoms with Crippen LogP contribution < -0.4 is 5.32 Å². The molecule has 0 saturated heterocycles. The largest absolute Gasteiger partial charge is 0.352 e. The molecule has 3 rings (SSSR count). The molecule has 1 aliphatic rings. The molecule has 1 aliphatic carbocycles. The van der Waals surface area contributed by atoms with Gasteiger partial charge in [-0.1, -0.05) is 61.7 Å². The van der Waals surface area contributed by atoms with Crippen molar-refractivity contribution in [3.8, 4) is 0 Å². The smallest absolute Gasteiger partial charge is 0.242 e. The zero-order chi connectivity index (χ0) is 21.3. The van der Waals surface area contributed by atoms with E-state index in [2.05, 4.69) is 5.32 Å². The van der Waals surface area contributed by atoms with E-state index >= 15 is 0 Å². The Balaban J connectivity index is 1.68. The molecule has 0 aromatic heterocycles. The average molecular weight is 411 g/mol. The number of nitrogens with one attached hydrogen (secondary N) is 1. The van der Waals surface area contributed by atoms with Crippen molar-refractivity contribution in [3.05, 3.63) is 71.5 Å². The SMILES string of the molecule is C[C@H](C(=O)NC1CCCCC1)N(CCc1ccccc1)C(=O)Cc1ccc(F)cc1. The van der Waals surface area contributed by atoms with Gasteiger partial charge in [0.2, 0.25) is 11.8 Å². The summed E-state index contributed by atoms with van der Waals surface area (Å²) in [5.41, 5.74) is 1.86. The average Bonchev–Trinajstić information content (AvgIpc) is 2.77. The Bertz CT molecular complexity index is 817. The first-order chi connectivity index (χ1) is 14.5. The highest BCUT2D eigenvalue weighted by molar-refractivity contribution is 5.88. The lowest BCUT2D eigenvalue weighted by atomic mass is 9.95. The van der Waals surface area contributed by atoms with Crippen LogP contribution in [0.25, 0.3) is 0 Å². The molecule has 0 heterocycles. The second kappa shape index (κ2) is 10.9. The molecule has 5 heteroatoms. The van der Waals surface area contributed by atoms with Gasteiger partial charge in [-0.3, -0.25) is 9.59 Å². The zero-order valence-corrected chi connectivity index (χ0v) is 17.6. The third kappa shape index (κ3) is 6.41. The molecular formula is C25H31FN2O2. The number of rotatable bonds is 8. The molecule has 0 spiro atoms. The molecule has 0 unspecified atom stereocenters. The minimum absolute atomic E-state index is 0.0950. The number of amides is 2. The predicted octanol–water partition coefficient (Wildman–Crippen LogP) is 4.28. The van der Waals surface area contributed by atoms with Gasteiger partial charge < -0.3 is 10.2 Å². The van der Waals surface area contributed by atoms with Crippen LogP contribution in [0.1, 0.15) is 50.2 Å². The molecule has 0 bridgehead atoms. The van der Waals surface area contributed by atoms with Crippen LogP contribution in [0, 0.1) is 5.82 Å². The Morgan fingerprint density at radius 1 is 1.00 bits per heavy atom. The molecule has 160 valence electrons. The van der Waals surface area contributed by atoms with Crippen LogP contribution >= 0.6 is 0 Å². The standard InChI is InChI=1S/C25H31FN2O2/c1-19(25(30)27-23-10-6-3-7-11-23)28(17-16-20-8-4-2-5-9-20)24(29)18-21-12-14-22(26)15-13-21/h2,4-5,8-9,12-15,19,23H,3,6-7,10-11,16-18H2,1H3,(H,27,30)/t19-/m1/s1. The number of nitrogens with zero attached hydrogens (tertiary/aromatic N) is 1. The van der Waals surface area contributed by atoms with E-state index < -0.39 is 6.04 Å². The maximum Gasteiger partial charge on any atom is 0.242 e. The molecular weight excluding hydrogens is 379 g/mol. The predicted molar refractivity (Wildman–Crippen MR) is 116 cm³/mol. The van der Waals surface area contributed by atoms with Crippen molar-refractivity contribution in [2.75, 3.05) is 6.54 Å². The first-order valence-electron chi connectivity index (χ1n) is 10.9. The summed E-state index contributed by atoms with van der Waals surface area (Å²) in [6.45, 7) is 2.26. The van der Waals surface area contributed by atoms with Crippen molar-refractivity contribution in [1.82, 2.24) is 10.2 Å². The highest BCUT2D eigenvalue weighted by atomic mass is 19.1. The van der Waals surface area contributed by atoms with Gasteiger partial charge >= 0.3 is 0 Å². The summed E-state index contributed by atoms with van der Waals surface area (Å²) < 4.78 is 13.2. The Kier molecular flexibility index (Phi) is 8.00. The Hall–Kier alpha value is -2.69. The summed E-state index contributed by atoms with van der Waals surface area (Å²) in [7, 11) is 0. The molecule has 2 aromatic rings. The molecule has 1 N–H and O–H groups in total. The monoisotopic (exact) mass is 410 g/mol. The van der Waals surface area contributed by atoms with Gasteiger partial charge in [0, 0.05) is 12.6 Å². The minimum atomic E-state index is -0.552. The topological polar surface area (TPSA) is 49.4 Å². The lowest BCUT2D eigenvalue weighted by Crippen LogP contribution is -2.51. The Labute approximate surface area is 178 Å². The molecule has 2 amide bonds. The van der Waals surface area contributed by atoms with Gasteiger partial charge in [0.05, 0.1) is 6.42 Å². The lowest BCUT2D eigenvalue weighted by Gasteiger charge is -2.31. The summed E-state index contributed by atoms with van der Waals surface area (Å²) in [6, 6.07) is 15.6. The quantitative estimate of drug-likeness (QED) is 0.706. The maximum atomic E-state index is 13.2. The number of benzene rings is 2. The van der Waals surface area contributed by atoms with Crippen molar-refractivity contribution in [1.29, 1.82) is 0 Å². The van der Waals surface area contributed by atoms with Crippen LogP contribution in [0.4, 0.5) is 4.39 Å². The second-order valence-corrected chi connectivity index (χ2v) is 8.15. The van der Waals surface area contributed by atoms with E-state index in [0.29, 0.717) is 13.0 Å². The van der Waals surface area contributed by atoms with Crippen LogP contribution in [0.15, 0.2) is 54.6 Å². The van der Waals surface area contributed by atoms with Gasteiger partial charge in [0.15, 0.2) is 0 Å². The number of carbonyl (C=O) groups excluding carboxylic acids is 2. The molecule has 1 atom stereocenters. The van der Waals surface area contributed by atoms with Gasteiger partial charge in [0.1, 0.15) is 11.9 Å². The Morgan fingerprint density at radius 2 is 1.67 bits per heavy atom. The number of hydrogen-bond acceptors (Lipinski definition) is 2. The van der Waals surface area contributed by atoms with E-state index in [9.17, 15) is 14.0 Å². The highest BCUT2D eigenvalue weighted by Crippen LogP contribution is 2.18. The summed E-state index contributed by atoms with van der Waals surface area (Å²) in [6.07, 6.45) is 6.34. The lowest BCUT2D eigenvalue weighted by molar-refractivity contribution is -0.139. The fraction of sp³-hybridized carbons (Fsp3) is 0.440. The Morgan fingerprint density at radius 3 is 2.33 bits per heavy atom. The van der Waals surface area contributed by atoms with Crippen molar-refractivity contribution < 1.29 is 14.0 Å². The van der Waals surface area contributed by atoms with Gasteiger partial charge in [-0.25, -0.2) is 4.39 Å². The van der Waals surface area contributed by atoms with E-state index in [1.807, 2.05) is 30.3 Å². The maximum absolute atomic E-state index is 13.2. The molecule has 1 saturated carbocycles. The molecule has 0 radical (unpaired) electrons. The van der Waals surface area contributed by atoms with Crippen molar-refractivity contribution >= 4 is 11.8 Å². The first kappa shape index (κ1) is 22.0. The second-order valence-electron chi connectivity index (χ2n) is 8.15. The van der Waals surface area contributed by atoms with Crippen LogP contribution in [0.2, 0.25) is 0 Å². The number of carbonyl (C=O) groups is 2. The molecule has 30 heavy (non-hydrogen) atoms. The number of halogens is 1. The minimum Gasteiger partial charge on any atom is -0.352 e. The van der Waals surface area contributed by atoms with Gasteiger partial charge in [0.25, 0.3) is 0 Å². The number of hydrogen-bond donors (Lipinski definition) is 1. The summed E-state index contributed by atoms with van der Waals surface area (Å²) in [5, 5.41) is 3.14. The van der Waals surface area contributed by atoms with E-state index in [-0.39, 0.29) is 30.1 Å². The van der Waals surface area contributed by atoms with Gasteiger partial charge in [-0.15, -0.1) is 0 Å². The molecule has 1 fully saturated rings. The van der Waals surface area contributed by atoms with Crippen LogP contribution in [-0.2, 0) is 22.4 Å². The molecule has 2 aromatic carbocycles. The van der Waals surface area contributed by atoms with E-state index in [4.69, 9.17) is 0 Å². The van der Waals surface area contributed by atoms with E-state index in [0.717, 1.165) is 36.8 Å². The summed E-state index contributed by atoms with van der Waals surface area (Å²) in [4.78, 5) is 27.7. The van der Waals surface area contributed by atoms with E-state index in [1.54, 1.807) is 24.0 Å². The third-order valence-electron chi connectivity index (χ3n) is 5.87. The first-order valence-corrected chi connectivity index (χ1v) is 10.9.